The molecule has 2 unspecified atom stereocenters. The van der Waals surface area contributed by atoms with Crippen LogP contribution >= 0.6 is 11.3 Å². The van der Waals surface area contributed by atoms with Crippen molar-refractivity contribution >= 4 is 27.3 Å². The standard InChI is InChI=1S/C15H17NO6S2/c1-21-11-7-5-10(6-8-11)14(17)13(15(18)22-2)16-24(19,20)12-4-3-9-23-12/h3-9,13-14,16-17H,1-2H3. The average molecular weight is 371 g/mol. The van der Waals surface area contributed by atoms with Gasteiger partial charge in [-0.25, -0.2) is 8.42 Å². The van der Waals surface area contributed by atoms with E-state index < -0.39 is 28.1 Å². The fourth-order valence-corrected chi connectivity index (χ4v) is 4.20. The summed E-state index contributed by atoms with van der Waals surface area (Å²) in [5.41, 5.74) is 0.347. The first-order valence-corrected chi connectivity index (χ1v) is 9.21. The molecule has 9 heteroatoms. The van der Waals surface area contributed by atoms with E-state index in [-0.39, 0.29) is 4.21 Å². The minimum Gasteiger partial charge on any atom is -0.497 e. The van der Waals surface area contributed by atoms with Crippen LogP contribution in [0.3, 0.4) is 0 Å². The number of hydrogen-bond acceptors (Lipinski definition) is 7. The van der Waals surface area contributed by atoms with Crippen LogP contribution in [0.4, 0.5) is 0 Å². The summed E-state index contributed by atoms with van der Waals surface area (Å²) in [6, 6.07) is 7.78. The zero-order chi connectivity index (χ0) is 17.7. The summed E-state index contributed by atoms with van der Waals surface area (Å²) in [4.78, 5) is 12.0. The van der Waals surface area contributed by atoms with E-state index >= 15 is 0 Å². The normalized spacial score (nSPS) is 14.0. The maximum absolute atomic E-state index is 12.3. The quantitative estimate of drug-likeness (QED) is 0.712. The number of thiophene rings is 1. The van der Waals surface area contributed by atoms with E-state index in [0.29, 0.717) is 11.3 Å². The molecule has 24 heavy (non-hydrogen) atoms. The molecule has 2 N–H and O–H groups in total. The van der Waals surface area contributed by atoms with Crippen molar-refractivity contribution in [1.82, 2.24) is 4.72 Å². The number of esters is 1. The van der Waals surface area contributed by atoms with E-state index in [2.05, 4.69) is 9.46 Å². The third kappa shape index (κ3) is 4.12. The van der Waals surface area contributed by atoms with Crippen molar-refractivity contribution in [2.75, 3.05) is 14.2 Å². The number of aliphatic hydroxyl groups is 1. The molecule has 2 rings (SSSR count). The van der Waals surface area contributed by atoms with Crippen LogP contribution in [0.15, 0.2) is 46.0 Å². The Labute approximate surface area is 143 Å². The zero-order valence-electron chi connectivity index (χ0n) is 13.0. The molecule has 0 aliphatic rings. The van der Waals surface area contributed by atoms with E-state index in [0.717, 1.165) is 18.4 Å². The van der Waals surface area contributed by atoms with Crippen LogP contribution in [0.5, 0.6) is 5.75 Å². The topological polar surface area (TPSA) is 102 Å². The molecule has 0 bridgehead atoms. The molecule has 0 spiro atoms. The first kappa shape index (κ1) is 18.4. The Morgan fingerprint density at radius 1 is 1.21 bits per heavy atom. The highest BCUT2D eigenvalue weighted by Gasteiger charge is 2.34. The fraction of sp³-hybridized carbons (Fsp3) is 0.267. The number of benzene rings is 1. The maximum Gasteiger partial charge on any atom is 0.326 e. The largest absolute Gasteiger partial charge is 0.497 e. The van der Waals surface area contributed by atoms with Gasteiger partial charge in [0.25, 0.3) is 10.0 Å². The first-order chi connectivity index (χ1) is 11.4. The Kier molecular flexibility index (Phi) is 5.94. The number of nitrogens with one attached hydrogen (secondary N) is 1. The van der Waals surface area contributed by atoms with Crippen LogP contribution in [0.1, 0.15) is 11.7 Å². The van der Waals surface area contributed by atoms with Gasteiger partial charge in [-0.05, 0) is 29.1 Å². The minimum atomic E-state index is -3.95. The van der Waals surface area contributed by atoms with E-state index in [1.807, 2.05) is 0 Å². The Hall–Kier alpha value is -1.94. The van der Waals surface area contributed by atoms with Crippen LogP contribution in [-0.2, 0) is 19.6 Å². The summed E-state index contributed by atoms with van der Waals surface area (Å²) in [5.74, 6) is -0.321. The highest BCUT2D eigenvalue weighted by atomic mass is 32.2. The lowest BCUT2D eigenvalue weighted by Crippen LogP contribution is -2.45. The predicted octanol–water partition coefficient (Wildman–Crippen LogP) is 1.31. The lowest BCUT2D eigenvalue weighted by atomic mass is 10.0. The van der Waals surface area contributed by atoms with Gasteiger partial charge in [-0.3, -0.25) is 4.79 Å². The number of rotatable bonds is 7. The number of ether oxygens (including phenoxy) is 2. The Morgan fingerprint density at radius 3 is 2.38 bits per heavy atom. The lowest BCUT2D eigenvalue weighted by molar-refractivity contribution is -0.145. The van der Waals surface area contributed by atoms with Crippen molar-refractivity contribution in [2.45, 2.75) is 16.4 Å². The molecule has 1 heterocycles. The molecule has 7 nitrogen and oxygen atoms in total. The molecular formula is C15H17NO6S2. The number of carbonyl (C=O) groups is 1. The summed E-state index contributed by atoms with van der Waals surface area (Å²) in [6.45, 7) is 0. The number of methoxy groups -OCH3 is 2. The molecule has 2 aromatic rings. The Balaban J connectivity index is 2.29. The molecular weight excluding hydrogens is 354 g/mol. The monoisotopic (exact) mass is 371 g/mol. The first-order valence-electron chi connectivity index (χ1n) is 6.84. The van der Waals surface area contributed by atoms with Gasteiger partial charge in [-0.1, -0.05) is 18.2 Å². The molecule has 0 saturated carbocycles. The third-order valence-electron chi connectivity index (χ3n) is 3.27. The lowest BCUT2D eigenvalue weighted by Gasteiger charge is -2.22. The molecule has 0 fully saturated rings. The van der Waals surface area contributed by atoms with Gasteiger partial charge < -0.3 is 14.6 Å². The van der Waals surface area contributed by atoms with Gasteiger partial charge >= 0.3 is 5.97 Å². The number of carbonyl (C=O) groups excluding carboxylic acids is 1. The molecule has 0 aliphatic heterocycles. The molecule has 2 atom stereocenters. The molecule has 1 aromatic heterocycles. The van der Waals surface area contributed by atoms with Gasteiger partial charge in [-0.2, -0.15) is 4.72 Å². The van der Waals surface area contributed by atoms with Crippen LogP contribution in [0.2, 0.25) is 0 Å². The third-order valence-corrected chi connectivity index (χ3v) is 6.11. The van der Waals surface area contributed by atoms with Gasteiger partial charge in [-0.15, -0.1) is 11.3 Å². The molecule has 0 aliphatic carbocycles. The van der Waals surface area contributed by atoms with Gasteiger partial charge in [0.05, 0.1) is 14.2 Å². The van der Waals surface area contributed by atoms with Crippen molar-refractivity contribution < 1.29 is 27.8 Å². The van der Waals surface area contributed by atoms with E-state index in [1.165, 1.54) is 13.2 Å². The molecule has 0 radical (unpaired) electrons. The van der Waals surface area contributed by atoms with Crippen molar-refractivity contribution in [3.8, 4) is 5.75 Å². The maximum atomic E-state index is 12.3. The van der Waals surface area contributed by atoms with Gasteiger partial charge in [0.2, 0.25) is 0 Å². The van der Waals surface area contributed by atoms with E-state index in [9.17, 15) is 18.3 Å². The van der Waals surface area contributed by atoms with Gasteiger partial charge in [0, 0.05) is 0 Å². The summed E-state index contributed by atoms with van der Waals surface area (Å²) >= 11 is 1.00. The smallest absolute Gasteiger partial charge is 0.326 e. The minimum absolute atomic E-state index is 0.0401. The zero-order valence-corrected chi connectivity index (χ0v) is 14.6. The van der Waals surface area contributed by atoms with Crippen molar-refractivity contribution in [3.63, 3.8) is 0 Å². The number of hydrogen-bond donors (Lipinski definition) is 2. The average Bonchev–Trinajstić information content (AvgIpc) is 3.14. The predicted molar refractivity (Wildman–Crippen MR) is 88.4 cm³/mol. The highest BCUT2D eigenvalue weighted by Crippen LogP contribution is 2.23. The fourth-order valence-electron chi connectivity index (χ4n) is 2.00. The molecule has 1 aromatic carbocycles. The van der Waals surface area contributed by atoms with Crippen LogP contribution in [0.25, 0.3) is 0 Å². The summed E-state index contributed by atoms with van der Waals surface area (Å²) in [6.07, 6.45) is -1.42. The Morgan fingerprint density at radius 2 is 1.88 bits per heavy atom. The van der Waals surface area contributed by atoms with Crippen molar-refractivity contribution in [3.05, 3.63) is 47.3 Å². The van der Waals surface area contributed by atoms with Crippen molar-refractivity contribution in [1.29, 1.82) is 0 Å². The van der Waals surface area contributed by atoms with E-state index in [4.69, 9.17) is 4.74 Å². The van der Waals surface area contributed by atoms with Gasteiger partial charge in [0.15, 0.2) is 0 Å². The Bertz CT molecular complexity index is 771. The molecule has 130 valence electrons. The summed E-state index contributed by atoms with van der Waals surface area (Å²) < 4.78 is 36.5. The second-order valence-electron chi connectivity index (χ2n) is 4.77. The summed E-state index contributed by atoms with van der Waals surface area (Å²) in [7, 11) is -1.34. The summed E-state index contributed by atoms with van der Waals surface area (Å²) in [5, 5.41) is 12.0. The second-order valence-corrected chi connectivity index (χ2v) is 7.66. The number of sulfonamides is 1. The highest BCUT2D eigenvalue weighted by molar-refractivity contribution is 7.91. The van der Waals surface area contributed by atoms with Crippen LogP contribution in [-0.4, -0.2) is 39.8 Å². The van der Waals surface area contributed by atoms with Crippen LogP contribution in [0, 0.1) is 0 Å². The van der Waals surface area contributed by atoms with Crippen molar-refractivity contribution in [2.24, 2.45) is 0 Å². The number of aliphatic hydroxyl groups excluding tert-OH is 1. The molecule has 0 saturated heterocycles. The van der Waals surface area contributed by atoms with Gasteiger partial charge in [0.1, 0.15) is 22.1 Å². The molecule has 0 amide bonds. The second kappa shape index (κ2) is 7.75. The van der Waals surface area contributed by atoms with E-state index in [1.54, 1.807) is 35.7 Å². The SMILES string of the molecule is COC(=O)C(NS(=O)(=O)c1cccs1)C(O)c1ccc(OC)cc1. The van der Waals surface area contributed by atoms with Crippen LogP contribution < -0.4 is 9.46 Å².